The zero-order valence-corrected chi connectivity index (χ0v) is 11.0. The zero-order valence-electron chi connectivity index (χ0n) is 10.3. The number of anilines is 1. The van der Waals surface area contributed by atoms with Crippen LogP contribution in [-0.2, 0) is 0 Å². The first-order chi connectivity index (χ1) is 7.99. The first-order valence-corrected chi connectivity index (χ1v) is 5.71. The Hall–Kier alpha value is -0.970. The predicted molar refractivity (Wildman–Crippen MR) is 69.1 cm³/mol. The predicted octanol–water partition coefficient (Wildman–Crippen LogP) is 1.45. The normalized spacial score (nSPS) is 12.4. The number of nitrogens with zero attached hydrogens (tertiary/aromatic N) is 1. The van der Waals surface area contributed by atoms with E-state index in [4.69, 9.17) is 21.4 Å². The van der Waals surface area contributed by atoms with Crippen molar-refractivity contribution in [1.29, 1.82) is 0 Å². The van der Waals surface area contributed by atoms with Crippen LogP contribution < -0.4 is 9.64 Å². The number of ether oxygens (including phenoxy) is 1. The number of likely N-dealkylation sites (N-methyl/N-ethyl adjacent to an activating group) is 1. The number of aliphatic hydroxyl groups excluding tert-OH is 2. The molecule has 1 unspecified atom stereocenters. The second-order valence-electron chi connectivity index (χ2n) is 3.99. The molecule has 1 aromatic rings. The summed E-state index contributed by atoms with van der Waals surface area (Å²) in [5.74, 6) is 0.629. The van der Waals surface area contributed by atoms with Gasteiger partial charge in [0.25, 0.3) is 0 Å². The van der Waals surface area contributed by atoms with E-state index in [0.29, 0.717) is 17.3 Å². The van der Waals surface area contributed by atoms with Crippen molar-refractivity contribution in [3.05, 3.63) is 22.7 Å². The molecule has 0 heterocycles. The molecule has 1 rings (SSSR count). The molecule has 17 heavy (non-hydrogen) atoms. The maximum Gasteiger partial charge on any atom is 0.137 e. The fourth-order valence-electron chi connectivity index (χ4n) is 1.68. The van der Waals surface area contributed by atoms with Crippen LogP contribution in [0.1, 0.15) is 5.56 Å². The van der Waals surface area contributed by atoms with Gasteiger partial charge in [0, 0.05) is 19.3 Å². The van der Waals surface area contributed by atoms with Gasteiger partial charge in [0.15, 0.2) is 0 Å². The smallest absolute Gasteiger partial charge is 0.137 e. The van der Waals surface area contributed by atoms with E-state index in [1.54, 1.807) is 13.2 Å². The molecule has 1 aromatic carbocycles. The third-order valence-corrected chi connectivity index (χ3v) is 2.87. The Bertz CT molecular complexity index is 384. The highest BCUT2D eigenvalue weighted by Crippen LogP contribution is 2.32. The minimum absolute atomic E-state index is 0.257. The van der Waals surface area contributed by atoms with Crippen molar-refractivity contribution in [1.82, 2.24) is 0 Å². The van der Waals surface area contributed by atoms with Crippen LogP contribution >= 0.6 is 11.6 Å². The fraction of sp³-hybridized carbons (Fsp3) is 0.500. The molecule has 0 amide bonds. The van der Waals surface area contributed by atoms with Crippen LogP contribution in [0.4, 0.5) is 5.69 Å². The molecule has 4 nitrogen and oxygen atoms in total. The van der Waals surface area contributed by atoms with E-state index in [1.165, 1.54) is 0 Å². The van der Waals surface area contributed by atoms with Crippen molar-refractivity contribution in [2.24, 2.45) is 0 Å². The molecule has 0 aliphatic rings. The van der Waals surface area contributed by atoms with Gasteiger partial charge in [-0.3, -0.25) is 0 Å². The van der Waals surface area contributed by atoms with Gasteiger partial charge in [-0.2, -0.15) is 0 Å². The highest BCUT2D eigenvalue weighted by molar-refractivity contribution is 6.32. The second-order valence-corrected chi connectivity index (χ2v) is 4.40. The average Bonchev–Trinajstić information content (AvgIpc) is 2.31. The molecule has 1 atom stereocenters. The molecule has 0 saturated heterocycles. The Balaban J connectivity index is 2.94. The number of hydrogen-bond acceptors (Lipinski definition) is 4. The third kappa shape index (κ3) is 3.49. The lowest BCUT2D eigenvalue weighted by Crippen LogP contribution is -2.31. The van der Waals surface area contributed by atoms with Crippen LogP contribution in [-0.4, -0.2) is 43.6 Å². The Morgan fingerprint density at radius 3 is 2.65 bits per heavy atom. The Kier molecular flexibility index (Phi) is 5.05. The van der Waals surface area contributed by atoms with Gasteiger partial charge in [-0.1, -0.05) is 11.6 Å². The van der Waals surface area contributed by atoms with Crippen LogP contribution in [0.25, 0.3) is 0 Å². The lowest BCUT2D eigenvalue weighted by molar-refractivity contribution is 0.101. The molecule has 0 aromatic heterocycles. The van der Waals surface area contributed by atoms with Crippen LogP contribution in [0.3, 0.4) is 0 Å². The first kappa shape index (κ1) is 14.1. The molecular weight excluding hydrogens is 242 g/mol. The average molecular weight is 260 g/mol. The number of methoxy groups -OCH3 is 1. The summed E-state index contributed by atoms with van der Waals surface area (Å²) in [7, 11) is 3.41. The summed E-state index contributed by atoms with van der Waals surface area (Å²) in [5, 5.41) is 18.7. The monoisotopic (exact) mass is 259 g/mol. The summed E-state index contributed by atoms with van der Waals surface area (Å²) in [6.07, 6.45) is -0.764. The van der Waals surface area contributed by atoms with Gasteiger partial charge in [0.2, 0.25) is 0 Å². The van der Waals surface area contributed by atoms with Gasteiger partial charge >= 0.3 is 0 Å². The van der Waals surface area contributed by atoms with E-state index < -0.39 is 6.10 Å². The van der Waals surface area contributed by atoms with Gasteiger partial charge in [0.05, 0.1) is 24.8 Å². The molecule has 0 spiro atoms. The van der Waals surface area contributed by atoms with Crippen molar-refractivity contribution < 1.29 is 14.9 Å². The van der Waals surface area contributed by atoms with E-state index in [9.17, 15) is 5.11 Å². The molecule has 5 heteroatoms. The number of aliphatic hydroxyl groups is 2. The Morgan fingerprint density at radius 2 is 2.12 bits per heavy atom. The molecule has 2 N–H and O–H groups in total. The van der Waals surface area contributed by atoms with Crippen LogP contribution in [0.2, 0.25) is 5.02 Å². The molecule has 0 radical (unpaired) electrons. The lowest BCUT2D eigenvalue weighted by atomic mass is 10.1. The van der Waals surface area contributed by atoms with E-state index in [-0.39, 0.29) is 6.61 Å². The zero-order chi connectivity index (χ0) is 13.0. The van der Waals surface area contributed by atoms with Crippen molar-refractivity contribution in [3.63, 3.8) is 0 Å². The number of rotatable bonds is 5. The van der Waals surface area contributed by atoms with Crippen LogP contribution in [0, 0.1) is 6.92 Å². The fourth-order valence-corrected chi connectivity index (χ4v) is 1.92. The topological polar surface area (TPSA) is 52.9 Å². The minimum atomic E-state index is -0.764. The summed E-state index contributed by atoms with van der Waals surface area (Å²) in [5.41, 5.74) is 1.90. The van der Waals surface area contributed by atoms with Gasteiger partial charge in [-0.15, -0.1) is 0 Å². The maximum absolute atomic E-state index is 9.40. The molecule has 0 bridgehead atoms. The summed E-state index contributed by atoms with van der Waals surface area (Å²) < 4.78 is 5.12. The second kappa shape index (κ2) is 6.10. The first-order valence-electron chi connectivity index (χ1n) is 5.33. The third-order valence-electron chi connectivity index (χ3n) is 2.58. The van der Waals surface area contributed by atoms with E-state index in [2.05, 4.69) is 0 Å². The number of aryl methyl sites for hydroxylation is 1. The van der Waals surface area contributed by atoms with Gasteiger partial charge < -0.3 is 19.8 Å². The van der Waals surface area contributed by atoms with Crippen molar-refractivity contribution >= 4 is 17.3 Å². The van der Waals surface area contributed by atoms with Crippen molar-refractivity contribution in [3.8, 4) is 5.75 Å². The number of halogens is 1. The highest BCUT2D eigenvalue weighted by atomic mass is 35.5. The quantitative estimate of drug-likeness (QED) is 0.840. The van der Waals surface area contributed by atoms with Gasteiger partial charge in [-0.05, 0) is 24.6 Å². The molecule has 0 fully saturated rings. The molecule has 0 aliphatic carbocycles. The van der Waals surface area contributed by atoms with E-state index in [1.807, 2.05) is 24.9 Å². The summed E-state index contributed by atoms with van der Waals surface area (Å²) in [6.45, 7) is 2.03. The Morgan fingerprint density at radius 1 is 1.47 bits per heavy atom. The summed E-state index contributed by atoms with van der Waals surface area (Å²) in [4.78, 5) is 1.85. The molecule has 0 aliphatic heterocycles. The van der Waals surface area contributed by atoms with Gasteiger partial charge in [0.1, 0.15) is 5.75 Å². The minimum Gasteiger partial charge on any atom is -0.495 e. The molecule has 96 valence electrons. The van der Waals surface area contributed by atoms with Crippen LogP contribution in [0.5, 0.6) is 5.75 Å². The lowest BCUT2D eigenvalue weighted by Gasteiger charge is -2.24. The highest BCUT2D eigenvalue weighted by Gasteiger charge is 2.12. The maximum atomic E-state index is 9.40. The molecule has 0 saturated carbocycles. The number of hydrogen-bond donors (Lipinski definition) is 2. The summed E-state index contributed by atoms with van der Waals surface area (Å²) in [6, 6.07) is 3.64. The Labute approximate surface area is 106 Å². The largest absolute Gasteiger partial charge is 0.495 e. The van der Waals surface area contributed by atoms with Crippen molar-refractivity contribution in [2.45, 2.75) is 13.0 Å². The van der Waals surface area contributed by atoms with Crippen molar-refractivity contribution in [2.75, 3.05) is 32.2 Å². The SMILES string of the molecule is COc1cc(C)c(N(C)CC(O)CO)cc1Cl. The molecular formula is C12H18ClNO3. The number of benzene rings is 1. The summed E-state index contributed by atoms with van der Waals surface area (Å²) >= 11 is 6.05. The van der Waals surface area contributed by atoms with E-state index in [0.717, 1.165) is 11.3 Å². The van der Waals surface area contributed by atoms with E-state index >= 15 is 0 Å². The van der Waals surface area contributed by atoms with Gasteiger partial charge in [-0.25, -0.2) is 0 Å². The standard InChI is InChI=1S/C12H18ClNO3/c1-8-4-12(17-3)10(13)5-11(8)14(2)6-9(16)7-15/h4-5,9,15-16H,6-7H2,1-3H3. The van der Waals surface area contributed by atoms with Crippen LogP contribution in [0.15, 0.2) is 12.1 Å².